The van der Waals surface area contributed by atoms with Crippen LogP contribution in [0, 0.1) is 0 Å². The predicted molar refractivity (Wildman–Crippen MR) is 147 cm³/mol. The number of rotatable bonds is 5. The highest BCUT2D eigenvalue weighted by atomic mass is 28.4. The summed E-state index contributed by atoms with van der Waals surface area (Å²) < 4.78 is 19.1. The van der Waals surface area contributed by atoms with Gasteiger partial charge in [0.2, 0.25) is 8.32 Å². The molecule has 0 bridgehead atoms. The van der Waals surface area contributed by atoms with Crippen molar-refractivity contribution in [2.24, 2.45) is 0 Å². The van der Waals surface area contributed by atoms with Gasteiger partial charge in [0.15, 0.2) is 0 Å². The quantitative estimate of drug-likeness (QED) is 0.201. The maximum Gasteiger partial charge on any atom is 0.323 e. The molecule has 0 N–H and O–H groups in total. The third-order valence-corrected chi connectivity index (χ3v) is 14.8. The Hall–Kier alpha value is -2.84. The lowest BCUT2D eigenvalue weighted by atomic mass is 9.86. The first-order valence-electron chi connectivity index (χ1n) is 12.2. The number of carbonyl (C=O) groups is 1. The van der Waals surface area contributed by atoms with Crippen LogP contribution in [-0.2, 0) is 9.83 Å². The fourth-order valence-electron chi connectivity index (χ4n) is 4.54. The van der Waals surface area contributed by atoms with E-state index in [9.17, 15) is 4.79 Å². The molecule has 0 saturated heterocycles. The molecular weight excluding hydrogens is 468 g/mol. The van der Waals surface area contributed by atoms with E-state index in [-0.39, 0.29) is 11.0 Å². The molecule has 0 amide bonds. The van der Waals surface area contributed by atoms with E-state index in [1.165, 1.54) is 0 Å². The summed E-state index contributed by atoms with van der Waals surface area (Å²) in [5, 5.41) is -0.875. The van der Waals surface area contributed by atoms with Crippen molar-refractivity contribution >= 4 is 22.4 Å². The molecule has 0 aliphatic carbocycles. The lowest BCUT2D eigenvalue weighted by Crippen LogP contribution is -2.58. The third-order valence-electron chi connectivity index (χ3n) is 7.43. The van der Waals surface area contributed by atoms with Crippen LogP contribution in [0.1, 0.15) is 31.9 Å². The van der Waals surface area contributed by atoms with E-state index in [0.717, 1.165) is 16.9 Å². The van der Waals surface area contributed by atoms with E-state index in [1.54, 1.807) is 0 Å². The molecular formula is C29H36O4Si2. The SMILES string of the molecule is CC(C)(C)[Si](C)(C)Oc1ccc2c(c1)Oc1ccccc1C2(C(=O)Oc1ccccc1)[Si](C)(C)C. The van der Waals surface area contributed by atoms with Gasteiger partial charge in [0.1, 0.15) is 28.0 Å². The monoisotopic (exact) mass is 504 g/mol. The molecule has 184 valence electrons. The fraction of sp³-hybridized carbons (Fsp3) is 0.345. The van der Waals surface area contributed by atoms with Gasteiger partial charge in [-0.05, 0) is 42.4 Å². The van der Waals surface area contributed by atoms with Gasteiger partial charge in [-0.2, -0.15) is 0 Å². The van der Waals surface area contributed by atoms with Crippen molar-refractivity contribution in [1.82, 2.24) is 0 Å². The van der Waals surface area contributed by atoms with E-state index in [4.69, 9.17) is 13.9 Å². The molecule has 6 heteroatoms. The third kappa shape index (κ3) is 4.34. The van der Waals surface area contributed by atoms with Crippen LogP contribution in [0.15, 0.2) is 72.8 Å². The number of ether oxygens (including phenoxy) is 2. The van der Waals surface area contributed by atoms with Gasteiger partial charge in [0.05, 0.1) is 8.07 Å². The molecule has 4 rings (SSSR count). The van der Waals surface area contributed by atoms with Crippen molar-refractivity contribution in [2.45, 2.75) is 63.6 Å². The molecule has 0 aromatic heterocycles. The largest absolute Gasteiger partial charge is 0.543 e. The molecule has 3 aromatic carbocycles. The van der Waals surface area contributed by atoms with Crippen LogP contribution < -0.4 is 13.9 Å². The minimum Gasteiger partial charge on any atom is -0.543 e. The van der Waals surface area contributed by atoms with Crippen LogP contribution in [0.25, 0.3) is 0 Å². The molecule has 0 radical (unpaired) electrons. The summed E-state index contributed by atoms with van der Waals surface area (Å²) in [6.45, 7) is 17.8. The smallest absolute Gasteiger partial charge is 0.323 e. The normalized spacial score (nSPS) is 17.6. The average Bonchev–Trinajstić information content (AvgIpc) is 2.76. The molecule has 3 aromatic rings. The predicted octanol–water partition coefficient (Wildman–Crippen LogP) is 7.95. The van der Waals surface area contributed by atoms with Gasteiger partial charge in [0, 0.05) is 17.2 Å². The summed E-state index contributed by atoms with van der Waals surface area (Å²) in [5.74, 6) is 2.40. The first kappa shape index (κ1) is 25.3. The molecule has 1 aliphatic rings. The molecule has 0 fully saturated rings. The Balaban J connectivity index is 1.90. The van der Waals surface area contributed by atoms with E-state index >= 15 is 0 Å². The van der Waals surface area contributed by atoms with Crippen LogP contribution in [0.4, 0.5) is 0 Å². The summed E-state index contributed by atoms with van der Waals surface area (Å²) >= 11 is 0. The number of hydrogen-bond acceptors (Lipinski definition) is 4. The second kappa shape index (κ2) is 8.68. The Bertz CT molecular complexity index is 1240. The number of hydrogen-bond donors (Lipinski definition) is 0. The van der Waals surface area contributed by atoms with Crippen LogP contribution in [-0.4, -0.2) is 22.4 Å². The number of carbonyl (C=O) groups excluding carboxylic acids is 1. The first-order chi connectivity index (χ1) is 16.3. The summed E-state index contributed by atoms with van der Waals surface area (Å²) in [5.41, 5.74) is 1.71. The van der Waals surface area contributed by atoms with Gasteiger partial charge in [-0.3, -0.25) is 4.79 Å². The Morgan fingerprint density at radius 2 is 1.37 bits per heavy atom. The highest BCUT2D eigenvalue weighted by Gasteiger charge is 2.58. The molecule has 1 heterocycles. The highest BCUT2D eigenvalue weighted by Crippen LogP contribution is 2.54. The van der Waals surface area contributed by atoms with Crippen LogP contribution in [0.3, 0.4) is 0 Å². The lowest BCUT2D eigenvalue weighted by Gasteiger charge is -2.45. The number of benzene rings is 3. The molecule has 35 heavy (non-hydrogen) atoms. The Labute approximate surface area is 211 Å². The molecule has 1 aliphatic heterocycles. The number of para-hydroxylation sites is 2. The molecule has 1 unspecified atom stereocenters. The summed E-state index contributed by atoms with van der Waals surface area (Å²) in [6, 6.07) is 23.1. The Morgan fingerprint density at radius 3 is 2.00 bits per heavy atom. The van der Waals surface area contributed by atoms with Gasteiger partial charge in [-0.15, -0.1) is 0 Å². The van der Waals surface area contributed by atoms with E-state index in [0.29, 0.717) is 17.2 Å². The second-order valence-electron chi connectivity index (χ2n) is 11.8. The van der Waals surface area contributed by atoms with Gasteiger partial charge < -0.3 is 13.9 Å². The second-order valence-corrected chi connectivity index (χ2v) is 21.8. The van der Waals surface area contributed by atoms with Gasteiger partial charge >= 0.3 is 5.97 Å². The zero-order valence-electron chi connectivity index (χ0n) is 22.1. The summed E-state index contributed by atoms with van der Waals surface area (Å²) in [4.78, 5) is 14.2. The maximum absolute atomic E-state index is 14.2. The van der Waals surface area contributed by atoms with Crippen LogP contribution in [0.2, 0.25) is 37.8 Å². The number of esters is 1. The number of fused-ring (bicyclic) bond motifs is 2. The highest BCUT2D eigenvalue weighted by molar-refractivity contribution is 6.83. The van der Waals surface area contributed by atoms with Crippen molar-refractivity contribution in [2.75, 3.05) is 0 Å². The van der Waals surface area contributed by atoms with Crippen molar-refractivity contribution < 1.29 is 18.7 Å². The average molecular weight is 505 g/mol. The van der Waals surface area contributed by atoms with Crippen molar-refractivity contribution in [3.05, 3.63) is 83.9 Å². The van der Waals surface area contributed by atoms with Crippen molar-refractivity contribution in [3.8, 4) is 23.0 Å². The van der Waals surface area contributed by atoms with Crippen LogP contribution in [0.5, 0.6) is 23.0 Å². The molecule has 4 nitrogen and oxygen atoms in total. The van der Waals surface area contributed by atoms with Gasteiger partial charge in [-0.25, -0.2) is 0 Å². The lowest BCUT2D eigenvalue weighted by molar-refractivity contribution is -0.137. The van der Waals surface area contributed by atoms with Crippen molar-refractivity contribution in [1.29, 1.82) is 0 Å². The van der Waals surface area contributed by atoms with Crippen molar-refractivity contribution in [3.63, 3.8) is 0 Å². The Morgan fingerprint density at radius 1 is 0.771 bits per heavy atom. The van der Waals surface area contributed by atoms with E-state index in [2.05, 4.69) is 53.5 Å². The molecule has 0 saturated carbocycles. The topological polar surface area (TPSA) is 44.8 Å². The first-order valence-corrected chi connectivity index (χ1v) is 18.6. The summed E-state index contributed by atoms with van der Waals surface area (Å²) in [6.07, 6.45) is 0. The fourth-order valence-corrected chi connectivity index (χ4v) is 8.26. The van der Waals surface area contributed by atoms with E-state index in [1.807, 2.05) is 72.8 Å². The minimum absolute atomic E-state index is 0.0674. The zero-order valence-corrected chi connectivity index (χ0v) is 24.1. The summed E-state index contributed by atoms with van der Waals surface area (Å²) in [7, 11) is -4.35. The zero-order chi connectivity index (χ0) is 25.6. The van der Waals surface area contributed by atoms with E-state index < -0.39 is 21.4 Å². The maximum atomic E-state index is 14.2. The van der Waals surface area contributed by atoms with Crippen LogP contribution >= 0.6 is 0 Å². The molecule has 0 spiro atoms. The molecule has 1 atom stereocenters. The standard InChI is InChI=1S/C29H36O4Si2/c1-28(2,3)35(7,8)33-22-18-19-24-26(20-22)32-25-17-13-12-16-23(25)29(24,34(4,5)6)27(30)31-21-14-10-9-11-15-21/h9-20H,1-8H3. The van der Waals surface area contributed by atoms with Gasteiger partial charge in [0.25, 0.3) is 0 Å². The minimum atomic E-state index is -2.31. The van der Waals surface area contributed by atoms with Gasteiger partial charge in [-0.1, -0.05) is 82.9 Å². The Kier molecular flexibility index (Phi) is 6.26.